The highest BCUT2D eigenvalue weighted by Gasteiger charge is 2.23. The number of hydrogen-bond donors (Lipinski definition) is 2. The summed E-state index contributed by atoms with van der Waals surface area (Å²) in [6, 6.07) is 5.01. The Balaban J connectivity index is 2.09. The van der Waals surface area contributed by atoms with Gasteiger partial charge >= 0.3 is 6.03 Å². The van der Waals surface area contributed by atoms with Gasteiger partial charge in [-0.1, -0.05) is 23.2 Å². The van der Waals surface area contributed by atoms with Crippen molar-refractivity contribution in [1.29, 1.82) is 0 Å². The number of likely N-dealkylation sites (tertiary alicyclic amines) is 1. The van der Waals surface area contributed by atoms with E-state index in [-0.39, 0.29) is 6.03 Å². The summed E-state index contributed by atoms with van der Waals surface area (Å²) in [5.41, 5.74) is 3.61. The Kier molecular flexibility index (Phi) is 4.50. The SMILES string of the molecule is CNC(=O)N1CCCC1=NNc1ccc(Cl)c(Cl)c1. The number of nitrogens with one attached hydrogen (secondary N) is 2. The third-order valence-corrected chi connectivity index (χ3v) is 3.53. The Morgan fingerprint density at radius 3 is 2.84 bits per heavy atom. The maximum absolute atomic E-state index is 11.6. The van der Waals surface area contributed by atoms with Crippen molar-refractivity contribution in [2.75, 3.05) is 19.0 Å². The molecule has 1 aliphatic heterocycles. The maximum atomic E-state index is 11.6. The van der Waals surface area contributed by atoms with Gasteiger partial charge in [0.15, 0.2) is 0 Å². The van der Waals surface area contributed by atoms with Crippen LogP contribution in [0.2, 0.25) is 10.0 Å². The Morgan fingerprint density at radius 1 is 1.37 bits per heavy atom. The van der Waals surface area contributed by atoms with Gasteiger partial charge in [-0.2, -0.15) is 5.10 Å². The number of urea groups is 1. The molecule has 0 aliphatic carbocycles. The normalized spacial score (nSPS) is 16.8. The predicted molar refractivity (Wildman–Crippen MR) is 77.9 cm³/mol. The van der Waals surface area contributed by atoms with Crippen LogP contribution in [0.15, 0.2) is 23.3 Å². The van der Waals surface area contributed by atoms with Gasteiger partial charge in [0.1, 0.15) is 5.84 Å². The number of benzene rings is 1. The van der Waals surface area contributed by atoms with E-state index in [1.165, 1.54) is 0 Å². The zero-order valence-corrected chi connectivity index (χ0v) is 11.9. The summed E-state index contributed by atoms with van der Waals surface area (Å²) < 4.78 is 0. The fourth-order valence-electron chi connectivity index (χ4n) is 1.82. The highest BCUT2D eigenvalue weighted by molar-refractivity contribution is 6.42. The zero-order valence-electron chi connectivity index (χ0n) is 10.4. The van der Waals surface area contributed by atoms with Crippen molar-refractivity contribution in [3.63, 3.8) is 0 Å². The van der Waals surface area contributed by atoms with Crippen LogP contribution in [0.1, 0.15) is 12.8 Å². The molecule has 0 atom stereocenters. The zero-order chi connectivity index (χ0) is 13.8. The predicted octanol–water partition coefficient (Wildman–Crippen LogP) is 3.15. The molecule has 2 rings (SSSR count). The molecule has 19 heavy (non-hydrogen) atoms. The molecule has 102 valence electrons. The van der Waals surface area contributed by atoms with E-state index < -0.39 is 0 Å². The first-order chi connectivity index (χ1) is 9.11. The van der Waals surface area contributed by atoms with Gasteiger partial charge in [-0.15, -0.1) is 0 Å². The molecule has 1 aliphatic rings. The van der Waals surface area contributed by atoms with Crippen molar-refractivity contribution in [2.24, 2.45) is 5.10 Å². The molecule has 1 aromatic rings. The Morgan fingerprint density at radius 2 is 2.16 bits per heavy atom. The summed E-state index contributed by atoms with van der Waals surface area (Å²) in [7, 11) is 1.60. The van der Waals surface area contributed by atoms with Gasteiger partial charge in [0.2, 0.25) is 0 Å². The van der Waals surface area contributed by atoms with Gasteiger partial charge in [-0.25, -0.2) is 4.79 Å². The van der Waals surface area contributed by atoms with Gasteiger partial charge in [0.05, 0.1) is 15.7 Å². The van der Waals surface area contributed by atoms with Crippen LogP contribution in [0.5, 0.6) is 0 Å². The average molecular weight is 301 g/mol. The van der Waals surface area contributed by atoms with Gasteiger partial charge in [0, 0.05) is 20.0 Å². The minimum Gasteiger partial charge on any atom is -0.341 e. The van der Waals surface area contributed by atoms with Crippen molar-refractivity contribution < 1.29 is 4.79 Å². The smallest absolute Gasteiger partial charge is 0.322 e. The topological polar surface area (TPSA) is 56.7 Å². The Hall–Kier alpha value is -1.46. The van der Waals surface area contributed by atoms with Crippen molar-refractivity contribution in [2.45, 2.75) is 12.8 Å². The molecular formula is C12H14Cl2N4O. The number of amidine groups is 1. The van der Waals surface area contributed by atoms with Gasteiger partial charge in [-0.3, -0.25) is 10.3 Å². The Labute approximate surface area is 121 Å². The number of anilines is 1. The summed E-state index contributed by atoms with van der Waals surface area (Å²) in [4.78, 5) is 13.2. The number of hydrogen-bond acceptors (Lipinski definition) is 3. The molecule has 0 bridgehead atoms. The fraction of sp³-hybridized carbons (Fsp3) is 0.333. The first-order valence-electron chi connectivity index (χ1n) is 5.88. The summed E-state index contributed by atoms with van der Waals surface area (Å²) in [5.74, 6) is 0.713. The molecule has 7 heteroatoms. The van der Waals surface area contributed by atoms with Crippen LogP contribution in [-0.2, 0) is 0 Å². The lowest BCUT2D eigenvalue weighted by molar-refractivity contribution is 0.225. The third kappa shape index (κ3) is 3.30. The van der Waals surface area contributed by atoms with Crippen molar-refractivity contribution in [3.8, 4) is 0 Å². The molecule has 0 saturated carbocycles. The minimum absolute atomic E-state index is 0.146. The summed E-state index contributed by atoms with van der Waals surface area (Å²) >= 11 is 11.8. The van der Waals surface area contributed by atoms with Gasteiger partial charge in [0.25, 0.3) is 0 Å². The van der Waals surface area contributed by atoms with Crippen LogP contribution in [0.25, 0.3) is 0 Å². The molecule has 2 amide bonds. The number of halogens is 2. The maximum Gasteiger partial charge on any atom is 0.322 e. The summed E-state index contributed by atoms with van der Waals surface area (Å²) in [5, 5.41) is 7.79. The second kappa shape index (κ2) is 6.12. The number of amides is 2. The molecule has 1 fully saturated rings. The van der Waals surface area contributed by atoms with Crippen LogP contribution in [0, 0.1) is 0 Å². The van der Waals surface area contributed by atoms with Crippen LogP contribution in [0.4, 0.5) is 10.5 Å². The van der Waals surface area contributed by atoms with Crippen LogP contribution >= 0.6 is 23.2 Å². The lowest BCUT2D eigenvalue weighted by Crippen LogP contribution is -2.39. The number of nitrogens with zero attached hydrogens (tertiary/aromatic N) is 2. The van der Waals surface area contributed by atoms with Crippen LogP contribution in [-0.4, -0.2) is 30.4 Å². The highest BCUT2D eigenvalue weighted by Crippen LogP contribution is 2.25. The molecular weight excluding hydrogens is 287 g/mol. The van der Waals surface area contributed by atoms with E-state index in [0.717, 1.165) is 18.5 Å². The average Bonchev–Trinajstić information content (AvgIpc) is 2.87. The molecule has 0 aromatic heterocycles. The number of rotatable bonds is 2. The Bertz CT molecular complexity index is 518. The van der Waals surface area contributed by atoms with Crippen molar-refractivity contribution >= 4 is 40.8 Å². The first kappa shape index (κ1) is 14.0. The standard InChI is InChI=1S/C12H14Cl2N4O/c1-15-12(19)18-6-2-3-11(18)17-16-8-4-5-9(13)10(14)7-8/h4-5,7,16H,2-3,6H2,1H3,(H,15,19). The molecule has 0 spiro atoms. The highest BCUT2D eigenvalue weighted by atomic mass is 35.5. The van der Waals surface area contributed by atoms with E-state index in [1.54, 1.807) is 30.1 Å². The molecule has 1 saturated heterocycles. The third-order valence-electron chi connectivity index (χ3n) is 2.79. The number of hydrazone groups is 1. The first-order valence-corrected chi connectivity index (χ1v) is 6.64. The molecule has 0 unspecified atom stereocenters. The lowest BCUT2D eigenvalue weighted by Gasteiger charge is -2.15. The van der Waals surface area contributed by atoms with E-state index in [1.807, 2.05) is 0 Å². The van der Waals surface area contributed by atoms with E-state index in [9.17, 15) is 4.79 Å². The van der Waals surface area contributed by atoms with Crippen LogP contribution < -0.4 is 10.7 Å². The van der Waals surface area contributed by atoms with E-state index >= 15 is 0 Å². The summed E-state index contributed by atoms with van der Waals surface area (Å²) in [6.45, 7) is 0.682. The number of carbonyl (C=O) groups excluding carboxylic acids is 1. The molecule has 5 nitrogen and oxygen atoms in total. The largest absolute Gasteiger partial charge is 0.341 e. The van der Waals surface area contributed by atoms with Crippen LogP contribution in [0.3, 0.4) is 0 Å². The fourth-order valence-corrected chi connectivity index (χ4v) is 2.12. The van der Waals surface area contributed by atoms with Gasteiger partial charge < -0.3 is 5.32 Å². The summed E-state index contributed by atoms with van der Waals surface area (Å²) in [6.07, 6.45) is 1.68. The van der Waals surface area contributed by atoms with E-state index in [2.05, 4.69) is 15.8 Å². The second-order valence-corrected chi connectivity index (χ2v) is 4.89. The molecule has 0 radical (unpaired) electrons. The van der Waals surface area contributed by atoms with E-state index in [4.69, 9.17) is 23.2 Å². The lowest BCUT2D eigenvalue weighted by atomic mass is 10.3. The van der Waals surface area contributed by atoms with Crippen molar-refractivity contribution in [3.05, 3.63) is 28.2 Å². The minimum atomic E-state index is -0.146. The molecule has 1 heterocycles. The van der Waals surface area contributed by atoms with E-state index in [0.29, 0.717) is 22.4 Å². The second-order valence-electron chi connectivity index (χ2n) is 4.08. The van der Waals surface area contributed by atoms with Crippen molar-refractivity contribution in [1.82, 2.24) is 10.2 Å². The quantitative estimate of drug-likeness (QED) is 0.824. The number of carbonyl (C=O) groups is 1. The monoisotopic (exact) mass is 300 g/mol. The molecule has 2 N–H and O–H groups in total. The van der Waals surface area contributed by atoms with Gasteiger partial charge in [-0.05, 0) is 24.6 Å². The molecule has 1 aromatic carbocycles.